The Bertz CT molecular complexity index is 1130. The number of phenolic OH excluding ortho intramolecular Hbond substituents is 2. The number of amides is 3. The minimum Gasteiger partial charge on any atom is -0.508 e. The molecule has 0 saturated carbocycles. The summed E-state index contributed by atoms with van der Waals surface area (Å²) >= 11 is 4.15. The van der Waals surface area contributed by atoms with E-state index in [1.54, 1.807) is 12.1 Å². The highest BCUT2D eigenvalue weighted by Crippen LogP contribution is 2.13. The van der Waals surface area contributed by atoms with E-state index in [4.69, 9.17) is 5.73 Å². The van der Waals surface area contributed by atoms with Crippen LogP contribution in [0.3, 0.4) is 0 Å². The van der Waals surface area contributed by atoms with Crippen LogP contribution in [0.2, 0.25) is 0 Å². The highest BCUT2D eigenvalue weighted by molar-refractivity contribution is 7.80. The molecule has 0 heterocycles. The van der Waals surface area contributed by atoms with Crippen molar-refractivity contribution >= 4 is 36.3 Å². The van der Waals surface area contributed by atoms with Crippen LogP contribution in [0.4, 0.5) is 0 Å². The Hall–Kier alpha value is -3.77. The van der Waals surface area contributed by atoms with E-state index in [1.807, 2.05) is 13.8 Å². The quantitative estimate of drug-likeness (QED) is 0.155. The molecule has 0 bridgehead atoms. The van der Waals surface area contributed by atoms with Gasteiger partial charge in [0.25, 0.3) is 0 Å². The highest BCUT2D eigenvalue weighted by Gasteiger charge is 2.30. The summed E-state index contributed by atoms with van der Waals surface area (Å²) in [4.78, 5) is 50.7. The summed E-state index contributed by atoms with van der Waals surface area (Å²) in [5.74, 6) is -3.21. The molecule has 0 saturated heterocycles. The van der Waals surface area contributed by atoms with Crippen molar-refractivity contribution in [1.82, 2.24) is 16.0 Å². The molecule has 0 radical (unpaired) electrons. The molecule has 11 nitrogen and oxygen atoms in total. The van der Waals surface area contributed by atoms with Crippen LogP contribution in [-0.2, 0) is 32.0 Å². The average molecular weight is 561 g/mol. The largest absolute Gasteiger partial charge is 0.508 e. The van der Waals surface area contributed by atoms with Crippen LogP contribution >= 0.6 is 12.6 Å². The van der Waals surface area contributed by atoms with Gasteiger partial charge in [0, 0.05) is 18.6 Å². The lowest BCUT2D eigenvalue weighted by Crippen LogP contribution is -2.58. The van der Waals surface area contributed by atoms with Crippen LogP contribution in [0.25, 0.3) is 0 Å². The smallest absolute Gasteiger partial charge is 0.326 e. The minimum absolute atomic E-state index is 0.0200. The molecule has 212 valence electrons. The van der Waals surface area contributed by atoms with Crippen molar-refractivity contribution in [2.45, 2.75) is 57.3 Å². The number of carboxylic acid groups (broad SMARTS) is 1. The number of phenols is 2. The lowest BCUT2D eigenvalue weighted by atomic mass is 10.0. The zero-order chi connectivity index (χ0) is 29.1. The molecule has 12 heteroatoms. The summed E-state index contributed by atoms with van der Waals surface area (Å²) in [6.07, 6.45) is 0.395. The van der Waals surface area contributed by atoms with Crippen LogP contribution < -0.4 is 21.7 Å². The topological polar surface area (TPSA) is 191 Å². The van der Waals surface area contributed by atoms with Crippen molar-refractivity contribution in [2.75, 3.05) is 5.75 Å². The van der Waals surface area contributed by atoms with Gasteiger partial charge in [-0.1, -0.05) is 38.1 Å². The van der Waals surface area contributed by atoms with Gasteiger partial charge in [-0.2, -0.15) is 12.6 Å². The zero-order valence-corrected chi connectivity index (χ0v) is 22.7. The van der Waals surface area contributed by atoms with E-state index in [9.17, 15) is 34.5 Å². The summed E-state index contributed by atoms with van der Waals surface area (Å²) < 4.78 is 0. The summed E-state index contributed by atoms with van der Waals surface area (Å²) in [7, 11) is 0. The Labute approximate surface area is 232 Å². The molecule has 0 fully saturated rings. The molecular weight excluding hydrogens is 524 g/mol. The number of nitrogens with one attached hydrogen (secondary N) is 3. The van der Waals surface area contributed by atoms with E-state index in [0.29, 0.717) is 17.5 Å². The zero-order valence-electron chi connectivity index (χ0n) is 21.8. The number of carboxylic acids is 1. The molecule has 0 spiro atoms. The maximum atomic E-state index is 13.2. The Morgan fingerprint density at radius 2 is 1.15 bits per heavy atom. The second kappa shape index (κ2) is 15.0. The molecule has 3 amide bonds. The van der Waals surface area contributed by atoms with Gasteiger partial charge in [0.2, 0.25) is 17.7 Å². The summed E-state index contributed by atoms with van der Waals surface area (Å²) in [5.41, 5.74) is 7.19. The fourth-order valence-electron chi connectivity index (χ4n) is 3.78. The maximum absolute atomic E-state index is 13.2. The first-order chi connectivity index (χ1) is 18.4. The Morgan fingerprint density at radius 1 is 0.744 bits per heavy atom. The van der Waals surface area contributed by atoms with Crippen molar-refractivity contribution in [1.29, 1.82) is 0 Å². The van der Waals surface area contributed by atoms with Gasteiger partial charge in [-0.05, 0) is 47.7 Å². The number of nitrogens with two attached hydrogens (primary N) is 1. The minimum atomic E-state index is -1.30. The number of benzene rings is 2. The summed E-state index contributed by atoms with van der Waals surface area (Å²) in [5, 5.41) is 36.2. The van der Waals surface area contributed by atoms with Gasteiger partial charge in [-0.3, -0.25) is 14.4 Å². The van der Waals surface area contributed by atoms with E-state index < -0.39 is 47.9 Å². The van der Waals surface area contributed by atoms with Crippen LogP contribution in [0.15, 0.2) is 48.5 Å². The first kappa shape index (κ1) is 31.4. The van der Waals surface area contributed by atoms with Crippen LogP contribution in [0.1, 0.15) is 31.4 Å². The molecule has 0 aliphatic carbocycles. The van der Waals surface area contributed by atoms with Gasteiger partial charge >= 0.3 is 5.97 Å². The average Bonchev–Trinajstić information content (AvgIpc) is 2.88. The Morgan fingerprint density at radius 3 is 1.59 bits per heavy atom. The number of aliphatic carboxylic acids is 1. The molecule has 0 aromatic heterocycles. The normalized spacial score (nSPS) is 14.1. The number of hydrogen-bond acceptors (Lipinski definition) is 8. The third kappa shape index (κ3) is 10.5. The molecule has 39 heavy (non-hydrogen) atoms. The lowest BCUT2D eigenvalue weighted by Gasteiger charge is -2.25. The second-order valence-corrected chi connectivity index (χ2v) is 10.0. The first-order valence-electron chi connectivity index (χ1n) is 12.5. The number of carbonyl (C=O) groups is 4. The first-order valence-corrected chi connectivity index (χ1v) is 13.1. The molecule has 0 aliphatic heterocycles. The molecule has 2 aromatic rings. The monoisotopic (exact) mass is 560 g/mol. The highest BCUT2D eigenvalue weighted by atomic mass is 32.1. The summed E-state index contributed by atoms with van der Waals surface area (Å²) in [6.45, 7) is 3.82. The van der Waals surface area contributed by atoms with Gasteiger partial charge in [0.1, 0.15) is 29.6 Å². The Kier molecular flexibility index (Phi) is 12.1. The molecule has 2 rings (SSSR count). The van der Waals surface area contributed by atoms with Crippen molar-refractivity contribution in [2.24, 2.45) is 11.7 Å². The van der Waals surface area contributed by atoms with Gasteiger partial charge in [-0.15, -0.1) is 0 Å². The lowest BCUT2D eigenvalue weighted by molar-refractivity contribution is -0.142. The fraction of sp³-hybridized carbons (Fsp3) is 0.407. The predicted octanol–water partition coefficient (Wildman–Crippen LogP) is 0.725. The van der Waals surface area contributed by atoms with Gasteiger partial charge in [0.15, 0.2) is 0 Å². The van der Waals surface area contributed by atoms with Gasteiger partial charge < -0.3 is 37.0 Å². The molecule has 0 aliphatic rings. The number of hydrogen-bond donors (Lipinski definition) is 8. The number of rotatable bonds is 14. The molecule has 4 unspecified atom stereocenters. The number of aromatic hydroxyl groups is 2. The predicted molar refractivity (Wildman–Crippen MR) is 148 cm³/mol. The van der Waals surface area contributed by atoms with Crippen molar-refractivity contribution in [3.63, 3.8) is 0 Å². The number of thiol groups is 1. The van der Waals surface area contributed by atoms with E-state index in [-0.39, 0.29) is 36.0 Å². The van der Waals surface area contributed by atoms with Crippen LogP contribution in [0, 0.1) is 5.92 Å². The van der Waals surface area contributed by atoms with Crippen LogP contribution in [0.5, 0.6) is 11.5 Å². The SMILES string of the molecule is CC(C)CC(N)C(=O)NC(Cc1ccc(O)cc1)C(=O)NC(CS)C(=O)NC(Cc1ccc(O)cc1)C(=O)O. The molecule has 8 N–H and O–H groups in total. The van der Waals surface area contributed by atoms with Crippen molar-refractivity contribution in [3.8, 4) is 11.5 Å². The van der Waals surface area contributed by atoms with E-state index in [0.717, 1.165) is 0 Å². The van der Waals surface area contributed by atoms with E-state index in [1.165, 1.54) is 36.4 Å². The Balaban J connectivity index is 2.15. The van der Waals surface area contributed by atoms with Crippen molar-refractivity contribution < 1.29 is 34.5 Å². The van der Waals surface area contributed by atoms with Crippen LogP contribution in [-0.4, -0.2) is 68.9 Å². The molecule has 2 aromatic carbocycles. The molecular formula is C27H36N4O7S. The fourth-order valence-corrected chi connectivity index (χ4v) is 4.03. The van der Waals surface area contributed by atoms with E-state index >= 15 is 0 Å². The summed E-state index contributed by atoms with van der Waals surface area (Å²) in [6, 6.07) is 7.51. The second-order valence-electron chi connectivity index (χ2n) is 9.68. The van der Waals surface area contributed by atoms with Crippen molar-refractivity contribution in [3.05, 3.63) is 59.7 Å². The maximum Gasteiger partial charge on any atom is 0.326 e. The third-order valence-corrected chi connectivity index (χ3v) is 6.24. The third-order valence-electron chi connectivity index (χ3n) is 5.88. The van der Waals surface area contributed by atoms with Gasteiger partial charge in [0.05, 0.1) is 6.04 Å². The molecule has 4 atom stereocenters. The van der Waals surface area contributed by atoms with E-state index in [2.05, 4.69) is 28.6 Å². The standard InChI is InChI=1S/C27H36N4O7S/c1-15(2)11-20(28)24(34)29-21(12-16-3-7-18(32)8-4-16)25(35)31-23(14-39)26(36)30-22(27(37)38)13-17-5-9-19(33)10-6-17/h3-10,15,20-23,32-33,39H,11-14,28H2,1-2H3,(H,29,34)(H,30,36)(H,31,35)(H,37,38). The van der Waals surface area contributed by atoms with Gasteiger partial charge in [-0.25, -0.2) is 4.79 Å². The number of carbonyl (C=O) groups excluding carboxylic acids is 3.